The second-order valence-corrected chi connectivity index (χ2v) is 7.47. The van der Waals surface area contributed by atoms with Crippen molar-refractivity contribution in [3.05, 3.63) is 35.6 Å². The summed E-state index contributed by atoms with van der Waals surface area (Å²) in [5, 5.41) is 6.10. The Bertz CT molecular complexity index is 1090. The summed E-state index contributed by atoms with van der Waals surface area (Å²) < 4.78 is 48.1. The fraction of sp³-hybridized carbons (Fsp3) is 0.250. The number of sulfonamides is 1. The van der Waals surface area contributed by atoms with E-state index in [9.17, 15) is 12.8 Å². The monoisotopic (exact) mass is 414 g/mol. The summed E-state index contributed by atoms with van der Waals surface area (Å²) in [5.41, 5.74) is 0.458. The summed E-state index contributed by atoms with van der Waals surface area (Å²) in [6.07, 6.45) is 2.91. The SMILES string of the molecule is COc1nc(-n2cc(S(N)(=O)=O)c3ccc(Cl)cc32)ncc1OCCCF. The van der Waals surface area contributed by atoms with Crippen LogP contribution in [0, 0.1) is 0 Å². The highest BCUT2D eigenvalue weighted by Crippen LogP contribution is 2.31. The molecule has 0 bridgehead atoms. The van der Waals surface area contributed by atoms with Crippen LogP contribution in [0.15, 0.2) is 35.5 Å². The van der Waals surface area contributed by atoms with Gasteiger partial charge in [-0.05, 0) is 18.2 Å². The number of ether oxygens (including phenoxy) is 2. The standard InChI is InChI=1S/C16H16ClFN4O4S/c1-25-15-13(26-6-2-5-18)8-20-16(21-15)22-9-14(27(19,23)24)11-4-3-10(17)7-12(11)22/h3-4,7-9H,2,5-6H2,1H3,(H2,19,23,24). The lowest BCUT2D eigenvalue weighted by Gasteiger charge is -2.10. The zero-order valence-corrected chi connectivity index (χ0v) is 15.8. The summed E-state index contributed by atoms with van der Waals surface area (Å²) in [4.78, 5) is 8.35. The quantitative estimate of drug-likeness (QED) is 0.595. The molecule has 2 N–H and O–H groups in total. The highest BCUT2D eigenvalue weighted by molar-refractivity contribution is 7.89. The van der Waals surface area contributed by atoms with Gasteiger partial charge in [0.1, 0.15) is 4.90 Å². The van der Waals surface area contributed by atoms with Gasteiger partial charge in [-0.25, -0.2) is 18.5 Å². The van der Waals surface area contributed by atoms with Crippen LogP contribution in [0.4, 0.5) is 4.39 Å². The number of benzene rings is 1. The van der Waals surface area contributed by atoms with Crippen LogP contribution in [0.1, 0.15) is 6.42 Å². The highest BCUT2D eigenvalue weighted by Gasteiger charge is 2.20. The Hall–Kier alpha value is -2.43. The Morgan fingerprint density at radius 2 is 2.15 bits per heavy atom. The summed E-state index contributed by atoms with van der Waals surface area (Å²) >= 11 is 6.05. The predicted octanol–water partition coefficient (Wildman–Crippen LogP) is 2.47. The molecule has 2 heterocycles. The Balaban J connectivity index is 2.13. The van der Waals surface area contributed by atoms with E-state index in [0.29, 0.717) is 15.9 Å². The fourth-order valence-electron chi connectivity index (χ4n) is 2.51. The van der Waals surface area contributed by atoms with E-state index in [1.54, 1.807) is 18.2 Å². The summed E-state index contributed by atoms with van der Waals surface area (Å²) in [6, 6.07) is 4.69. The molecule has 3 aromatic rings. The number of nitrogens with zero attached hydrogens (tertiary/aromatic N) is 3. The zero-order chi connectivity index (χ0) is 19.6. The number of rotatable bonds is 7. The van der Waals surface area contributed by atoms with E-state index in [2.05, 4.69) is 9.97 Å². The molecule has 144 valence electrons. The van der Waals surface area contributed by atoms with E-state index < -0.39 is 16.7 Å². The van der Waals surface area contributed by atoms with Crippen LogP contribution in [0.2, 0.25) is 5.02 Å². The highest BCUT2D eigenvalue weighted by atomic mass is 35.5. The Morgan fingerprint density at radius 1 is 1.37 bits per heavy atom. The molecule has 0 aliphatic rings. The molecule has 0 amide bonds. The van der Waals surface area contributed by atoms with E-state index in [1.807, 2.05) is 0 Å². The van der Waals surface area contributed by atoms with Gasteiger partial charge in [-0.3, -0.25) is 8.96 Å². The van der Waals surface area contributed by atoms with Crippen LogP contribution in [0.25, 0.3) is 16.9 Å². The molecule has 8 nitrogen and oxygen atoms in total. The van der Waals surface area contributed by atoms with Crippen molar-refractivity contribution in [1.82, 2.24) is 14.5 Å². The van der Waals surface area contributed by atoms with Crippen LogP contribution in [0.3, 0.4) is 0 Å². The predicted molar refractivity (Wildman–Crippen MR) is 97.9 cm³/mol. The number of methoxy groups -OCH3 is 1. The average molecular weight is 415 g/mol. The summed E-state index contributed by atoms with van der Waals surface area (Å²) in [5.74, 6) is 0.502. The van der Waals surface area contributed by atoms with Crippen molar-refractivity contribution in [1.29, 1.82) is 0 Å². The molecule has 0 spiro atoms. The zero-order valence-electron chi connectivity index (χ0n) is 14.2. The number of alkyl halides is 1. The van der Waals surface area contributed by atoms with Gasteiger partial charge in [0.2, 0.25) is 16.0 Å². The Morgan fingerprint density at radius 3 is 2.81 bits per heavy atom. The number of aromatic nitrogens is 3. The molecule has 0 saturated heterocycles. The lowest BCUT2D eigenvalue weighted by molar-refractivity contribution is 0.268. The molecule has 0 aliphatic carbocycles. The molecule has 27 heavy (non-hydrogen) atoms. The number of primary sulfonamides is 1. The first kappa shape index (κ1) is 19.3. The second kappa shape index (κ2) is 7.67. The van der Waals surface area contributed by atoms with Crippen molar-refractivity contribution < 1.29 is 22.3 Å². The summed E-state index contributed by atoms with van der Waals surface area (Å²) in [6.45, 7) is -0.360. The van der Waals surface area contributed by atoms with Gasteiger partial charge in [-0.2, -0.15) is 4.98 Å². The Kier molecular flexibility index (Phi) is 5.49. The van der Waals surface area contributed by atoms with E-state index in [1.165, 1.54) is 24.1 Å². The van der Waals surface area contributed by atoms with Gasteiger partial charge in [0, 0.05) is 23.0 Å². The Labute approximate surface area is 159 Å². The van der Waals surface area contributed by atoms with Crippen molar-refractivity contribution in [2.45, 2.75) is 11.3 Å². The van der Waals surface area contributed by atoms with Gasteiger partial charge >= 0.3 is 0 Å². The van der Waals surface area contributed by atoms with E-state index in [-0.39, 0.29) is 35.5 Å². The van der Waals surface area contributed by atoms with Gasteiger partial charge < -0.3 is 9.47 Å². The number of halogens is 2. The minimum absolute atomic E-state index is 0.0833. The number of fused-ring (bicyclic) bond motifs is 1. The number of hydrogen-bond acceptors (Lipinski definition) is 6. The van der Waals surface area contributed by atoms with Crippen molar-refractivity contribution in [2.75, 3.05) is 20.4 Å². The molecule has 0 radical (unpaired) electrons. The summed E-state index contributed by atoms with van der Waals surface area (Å²) in [7, 11) is -2.58. The van der Waals surface area contributed by atoms with Crippen LogP contribution in [-0.4, -0.2) is 43.3 Å². The first-order chi connectivity index (χ1) is 12.8. The molecule has 1 aromatic carbocycles. The van der Waals surface area contributed by atoms with Crippen molar-refractivity contribution in [3.63, 3.8) is 0 Å². The fourth-order valence-corrected chi connectivity index (χ4v) is 3.40. The molecule has 0 unspecified atom stereocenters. The first-order valence-electron chi connectivity index (χ1n) is 7.78. The van der Waals surface area contributed by atoms with Crippen molar-refractivity contribution in [3.8, 4) is 17.6 Å². The van der Waals surface area contributed by atoms with Gasteiger partial charge in [-0.1, -0.05) is 11.6 Å². The molecule has 3 rings (SSSR count). The maximum Gasteiger partial charge on any atom is 0.261 e. The van der Waals surface area contributed by atoms with Crippen LogP contribution in [0.5, 0.6) is 11.6 Å². The number of hydrogen-bond donors (Lipinski definition) is 1. The molecular formula is C16H16ClFN4O4S. The third-order valence-corrected chi connectivity index (χ3v) is 4.87. The van der Waals surface area contributed by atoms with Crippen molar-refractivity contribution in [2.24, 2.45) is 5.14 Å². The van der Waals surface area contributed by atoms with Crippen LogP contribution >= 0.6 is 11.6 Å². The number of nitrogens with two attached hydrogens (primary N) is 1. The van der Waals surface area contributed by atoms with Crippen LogP contribution in [-0.2, 0) is 10.0 Å². The third-order valence-electron chi connectivity index (χ3n) is 3.69. The molecular weight excluding hydrogens is 399 g/mol. The van der Waals surface area contributed by atoms with Crippen LogP contribution < -0.4 is 14.6 Å². The van der Waals surface area contributed by atoms with E-state index in [4.69, 9.17) is 26.2 Å². The van der Waals surface area contributed by atoms with Gasteiger partial charge in [0.15, 0.2) is 5.75 Å². The van der Waals surface area contributed by atoms with E-state index in [0.717, 1.165) is 0 Å². The normalized spacial score (nSPS) is 11.7. The van der Waals surface area contributed by atoms with Gasteiger partial charge in [-0.15, -0.1) is 0 Å². The molecule has 0 atom stereocenters. The van der Waals surface area contributed by atoms with Crippen molar-refractivity contribution >= 4 is 32.5 Å². The molecule has 0 fully saturated rings. The topological polar surface area (TPSA) is 109 Å². The maximum atomic E-state index is 12.2. The first-order valence-corrected chi connectivity index (χ1v) is 9.71. The molecule has 2 aromatic heterocycles. The third kappa shape index (κ3) is 3.97. The maximum absolute atomic E-state index is 12.2. The minimum atomic E-state index is -3.98. The average Bonchev–Trinajstić information content (AvgIpc) is 3.01. The lowest BCUT2D eigenvalue weighted by Crippen LogP contribution is -2.11. The molecule has 0 saturated carbocycles. The largest absolute Gasteiger partial charge is 0.487 e. The molecule has 0 aliphatic heterocycles. The lowest BCUT2D eigenvalue weighted by atomic mass is 10.2. The van der Waals surface area contributed by atoms with E-state index >= 15 is 0 Å². The second-order valence-electron chi connectivity index (χ2n) is 5.50. The van der Waals surface area contributed by atoms with Gasteiger partial charge in [0.25, 0.3) is 5.88 Å². The van der Waals surface area contributed by atoms with Gasteiger partial charge in [0.05, 0.1) is 32.1 Å². The minimum Gasteiger partial charge on any atom is -0.487 e. The smallest absolute Gasteiger partial charge is 0.261 e. The molecule has 11 heteroatoms.